The van der Waals surface area contributed by atoms with Crippen molar-refractivity contribution in [2.45, 2.75) is 27.3 Å². The molecule has 0 aliphatic carbocycles. The third kappa shape index (κ3) is 4.35. The van der Waals surface area contributed by atoms with E-state index in [1.807, 2.05) is 37.3 Å². The Labute approximate surface area is 183 Å². The van der Waals surface area contributed by atoms with Gasteiger partial charge in [0, 0.05) is 27.5 Å². The molecule has 0 aliphatic heterocycles. The number of anilines is 1. The van der Waals surface area contributed by atoms with E-state index >= 15 is 0 Å². The first-order valence-corrected chi connectivity index (χ1v) is 10.4. The summed E-state index contributed by atoms with van der Waals surface area (Å²) in [7, 11) is 0. The molecule has 3 rings (SSSR count). The average Bonchev–Trinajstić information content (AvgIpc) is 3.23. The molecule has 31 heavy (non-hydrogen) atoms. The summed E-state index contributed by atoms with van der Waals surface area (Å²) >= 11 is 1.26. The van der Waals surface area contributed by atoms with E-state index in [0.717, 1.165) is 21.3 Å². The van der Waals surface area contributed by atoms with E-state index in [1.54, 1.807) is 24.6 Å². The van der Waals surface area contributed by atoms with Gasteiger partial charge >= 0.3 is 5.97 Å². The van der Waals surface area contributed by atoms with Crippen molar-refractivity contribution in [3.05, 3.63) is 57.6 Å². The number of esters is 1. The highest BCUT2D eigenvalue weighted by Gasteiger charge is 2.23. The maximum Gasteiger partial charge on any atom is 0.341 e. The molecule has 7 nitrogen and oxygen atoms in total. The van der Waals surface area contributed by atoms with Gasteiger partial charge in [-0.15, -0.1) is 11.3 Å². The molecule has 0 atom stereocenters. The largest absolute Gasteiger partial charge is 0.462 e. The lowest BCUT2D eigenvalue weighted by molar-refractivity contribution is -0.112. The molecule has 0 bridgehead atoms. The third-order valence-electron chi connectivity index (χ3n) is 4.82. The normalized spacial score (nSPS) is 11.1. The van der Waals surface area contributed by atoms with Gasteiger partial charge in [-0.1, -0.05) is 18.2 Å². The summed E-state index contributed by atoms with van der Waals surface area (Å²) < 4.78 is 6.87. The summed E-state index contributed by atoms with van der Waals surface area (Å²) in [5.41, 5.74) is 2.42. The fraction of sp³-hybridized carbons (Fsp3) is 0.217. The molecular weight excluding hydrogens is 412 g/mol. The molecule has 8 heteroatoms. The van der Waals surface area contributed by atoms with Crippen LogP contribution in [0.5, 0.6) is 0 Å². The molecule has 2 heterocycles. The van der Waals surface area contributed by atoms with Crippen molar-refractivity contribution in [1.82, 2.24) is 4.57 Å². The highest BCUT2D eigenvalue weighted by molar-refractivity contribution is 7.16. The fourth-order valence-corrected chi connectivity index (χ4v) is 4.28. The van der Waals surface area contributed by atoms with Crippen molar-refractivity contribution < 1.29 is 14.3 Å². The van der Waals surface area contributed by atoms with Crippen LogP contribution in [0.15, 0.2) is 36.0 Å². The van der Waals surface area contributed by atoms with Crippen LogP contribution in [0.25, 0.3) is 17.0 Å². The van der Waals surface area contributed by atoms with Crippen molar-refractivity contribution in [1.29, 1.82) is 10.5 Å². The van der Waals surface area contributed by atoms with Crippen LogP contribution in [0.2, 0.25) is 0 Å². The minimum absolute atomic E-state index is 0.113. The molecule has 2 aromatic heterocycles. The average molecular weight is 433 g/mol. The number of nitrogens with zero attached hydrogens (tertiary/aromatic N) is 3. The molecule has 0 saturated heterocycles. The number of hydrogen-bond donors (Lipinski definition) is 1. The van der Waals surface area contributed by atoms with Gasteiger partial charge in [0.25, 0.3) is 5.91 Å². The maximum absolute atomic E-state index is 12.9. The van der Waals surface area contributed by atoms with Crippen molar-refractivity contribution in [3.8, 4) is 12.1 Å². The number of carbonyl (C=O) groups is 2. The number of aryl methyl sites for hydroxylation is 1. The number of ether oxygens (including phenoxy) is 1. The number of carbonyl (C=O) groups excluding carboxylic acids is 2. The predicted octanol–water partition coefficient (Wildman–Crippen LogP) is 4.57. The number of para-hydroxylation sites is 1. The smallest absolute Gasteiger partial charge is 0.341 e. The van der Waals surface area contributed by atoms with E-state index in [4.69, 9.17) is 10.00 Å². The predicted molar refractivity (Wildman–Crippen MR) is 120 cm³/mol. The molecule has 1 aromatic carbocycles. The standard InChI is InChI=1S/C23H20N4O3S/c1-4-30-23(29)20-14(2)15(3)31-22(20)26-21(28)16(12-25)11-17-13-27(10-9-24)19-8-6-5-7-18(17)19/h5-8,11,13H,4,10H2,1-3H3,(H,26,28)/b16-11+. The molecule has 3 aromatic rings. The number of thiophene rings is 1. The minimum atomic E-state index is -0.619. The van der Waals surface area contributed by atoms with E-state index < -0.39 is 11.9 Å². The molecule has 1 amide bonds. The van der Waals surface area contributed by atoms with E-state index in [0.29, 0.717) is 16.1 Å². The van der Waals surface area contributed by atoms with Crippen LogP contribution < -0.4 is 5.32 Å². The zero-order chi connectivity index (χ0) is 22.5. The Morgan fingerprint density at radius 1 is 1.26 bits per heavy atom. The van der Waals surface area contributed by atoms with Gasteiger partial charge < -0.3 is 14.6 Å². The molecule has 0 aliphatic rings. The highest BCUT2D eigenvalue weighted by atomic mass is 32.1. The molecule has 0 fully saturated rings. The summed E-state index contributed by atoms with van der Waals surface area (Å²) in [6, 6.07) is 11.5. The van der Waals surface area contributed by atoms with Crippen LogP contribution >= 0.6 is 11.3 Å². The van der Waals surface area contributed by atoms with Crippen molar-refractivity contribution >= 4 is 45.2 Å². The van der Waals surface area contributed by atoms with Crippen molar-refractivity contribution in [2.24, 2.45) is 0 Å². The second-order valence-electron chi connectivity index (χ2n) is 6.72. The SMILES string of the molecule is CCOC(=O)c1c(NC(=O)/C(C#N)=C/c2cn(CC#N)c3ccccc23)sc(C)c1C. The molecule has 0 spiro atoms. The number of hydrogen-bond acceptors (Lipinski definition) is 6. The Kier molecular flexibility index (Phi) is 6.54. The number of aromatic nitrogens is 1. The van der Waals surface area contributed by atoms with Gasteiger partial charge in [0.15, 0.2) is 0 Å². The fourth-order valence-electron chi connectivity index (χ4n) is 3.24. The third-order valence-corrected chi connectivity index (χ3v) is 5.94. The van der Waals surface area contributed by atoms with Crippen LogP contribution in [0.4, 0.5) is 5.00 Å². The first kappa shape index (κ1) is 21.8. The maximum atomic E-state index is 12.9. The molecule has 156 valence electrons. The topological polar surface area (TPSA) is 108 Å². The highest BCUT2D eigenvalue weighted by Crippen LogP contribution is 2.33. The van der Waals surface area contributed by atoms with Crippen LogP contribution in [-0.2, 0) is 16.1 Å². The number of nitriles is 2. The number of amides is 1. The summed E-state index contributed by atoms with van der Waals surface area (Å²) in [5.74, 6) is -1.13. The molecule has 1 N–H and O–H groups in total. The van der Waals surface area contributed by atoms with Crippen LogP contribution in [0, 0.1) is 36.5 Å². The van der Waals surface area contributed by atoms with Crippen LogP contribution in [0.1, 0.15) is 33.3 Å². The zero-order valence-electron chi connectivity index (χ0n) is 17.4. The van der Waals surface area contributed by atoms with Crippen molar-refractivity contribution in [3.63, 3.8) is 0 Å². The summed E-state index contributed by atoms with van der Waals surface area (Å²) in [5, 5.41) is 22.5. The van der Waals surface area contributed by atoms with Gasteiger partial charge in [0.05, 0.1) is 18.2 Å². The second kappa shape index (κ2) is 9.29. The summed E-state index contributed by atoms with van der Waals surface area (Å²) in [4.78, 5) is 26.1. The monoisotopic (exact) mass is 432 g/mol. The quantitative estimate of drug-likeness (QED) is 0.349. The number of fused-ring (bicyclic) bond motifs is 1. The molecular formula is C23H20N4O3S. The van der Waals surface area contributed by atoms with Gasteiger partial charge in [0.1, 0.15) is 23.2 Å². The van der Waals surface area contributed by atoms with Crippen LogP contribution in [-0.4, -0.2) is 23.1 Å². The van der Waals surface area contributed by atoms with Crippen LogP contribution in [0.3, 0.4) is 0 Å². The minimum Gasteiger partial charge on any atom is -0.462 e. The Bertz CT molecular complexity index is 1280. The number of nitrogens with one attached hydrogen (secondary N) is 1. The Balaban J connectivity index is 1.98. The Hall–Kier alpha value is -3.88. The van der Waals surface area contributed by atoms with Crippen molar-refractivity contribution in [2.75, 3.05) is 11.9 Å². The lowest BCUT2D eigenvalue weighted by Gasteiger charge is -2.06. The first-order chi connectivity index (χ1) is 14.9. The molecule has 0 unspecified atom stereocenters. The summed E-state index contributed by atoms with van der Waals surface area (Å²) in [6.07, 6.45) is 3.23. The van der Waals surface area contributed by atoms with Gasteiger partial charge in [0.2, 0.25) is 0 Å². The number of benzene rings is 1. The lowest BCUT2D eigenvalue weighted by atomic mass is 10.1. The van der Waals surface area contributed by atoms with Gasteiger partial charge in [-0.2, -0.15) is 10.5 Å². The Morgan fingerprint density at radius 2 is 2.00 bits per heavy atom. The summed E-state index contributed by atoms with van der Waals surface area (Å²) in [6.45, 7) is 5.72. The van der Waals surface area contributed by atoms with Gasteiger partial charge in [-0.05, 0) is 38.5 Å². The zero-order valence-corrected chi connectivity index (χ0v) is 18.2. The van der Waals surface area contributed by atoms with E-state index in [2.05, 4.69) is 11.4 Å². The molecule has 0 saturated carbocycles. The number of rotatable bonds is 6. The first-order valence-electron chi connectivity index (χ1n) is 9.56. The van der Waals surface area contributed by atoms with Gasteiger partial charge in [-0.25, -0.2) is 4.79 Å². The Morgan fingerprint density at radius 3 is 2.68 bits per heavy atom. The van der Waals surface area contributed by atoms with E-state index in [1.165, 1.54) is 17.4 Å². The van der Waals surface area contributed by atoms with E-state index in [9.17, 15) is 14.9 Å². The second-order valence-corrected chi connectivity index (χ2v) is 7.94. The van der Waals surface area contributed by atoms with E-state index in [-0.39, 0.29) is 18.7 Å². The van der Waals surface area contributed by atoms with Gasteiger partial charge in [-0.3, -0.25) is 4.79 Å². The lowest BCUT2D eigenvalue weighted by Crippen LogP contribution is -2.16. The molecule has 0 radical (unpaired) electrons.